The lowest BCUT2D eigenvalue weighted by Crippen LogP contribution is -2.34. The molecule has 0 saturated carbocycles. The first-order valence-electron chi connectivity index (χ1n) is 38.8. The minimum atomic E-state index is -4.23. The molecule has 12 N–H and O–H groups in total. The second kappa shape index (κ2) is 42.9. The first kappa shape index (κ1) is 99.8. The molecule has 704 valence electrons. The molecule has 12 amide bonds. The van der Waals surface area contributed by atoms with Crippen LogP contribution in [0.2, 0.25) is 22.4 Å². The number of halogens is 8. The van der Waals surface area contributed by atoms with Crippen LogP contribution in [0.4, 0.5) is 101 Å². The highest BCUT2D eigenvalue weighted by molar-refractivity contribution is 7.93. The highest BCUT2D eigenvalue weighted by Gasteiger charge is 2.35. The number of nitrogens with zero attached hydrogens (tertiary/aromatic N) is 9. The van der Waals surface area contributed by atoms with E-state index in [0.717, 1.165) is 108 Å². The van der Waals surface area contributed by atoms with Crippen LogP contribution in [-0.4, -0.2) is 137 Å². The molecule has 0 saturated heterocycles. The number of carbonyl (C=O) groups excluding carboxylic acids is 8. The summed E-state index contributed by atoms with van der Waals surface area (Å²) in [4.78, 5) is 103. The number of urea groups is 4. The van der Waals surface area contributed by atoms with Crippen molar-refractivity contribution < 1.29 is 85.2 Å². The summed E-state index contributed by atoms with van der Waals surface area (Å²) in [5.74, 6) is -4.47. The maximum Gasteiger partial charge on any atom is 0.333 e. The zero-order valence-electron chi connectivity index (χ0n) is 69.9. The van der Waals surface area contributed by atoms with E-state index in [9.17, 15) is 85.2 Å². The van der Waals surface area contributed by atoms with Crippen molar-refractivity contribution in [1.29, 1.82) is 0 Å². The smallest absolute Gasteiger partial charge is 0.333 e. The van der Waals surface area contributed by atoms with Gasteiger partial charge in [-0.1, -0.05) is 107 Å². The van der Waals surface area contributed by atoms with E-state index in [4.69, 9.17) is 58.0 Å². The second-order valence-corrected chi connectivity index (χ2v) is 42.9. The molecule has 136 heavy (non-hydrogen) atoms. The van der Waals surface area contributed by atoms with Crippen LogP contribution in [0.5, 0.6) is 0 Å². The lowest BCUT2D eigenvalue weighted by atomic mass is 10.1. The Morgan fingerprint density at radius 2 is 0.588 bits per heavy atom. The summed E-state index contributed by atoms with van der Waals surface area (Å²) < 4.78 is 150. The molecule has 16 rings (SSSR count). The average molecular weight is 2110 g/mol. The normalized spacial score (nSPS) is 13.6. The minimum Gasteiger partial charge on any atom is -0.388 e. The summed E-state index contributed by atoms with van der Waals surface area (Å²) in [7, 11) is -9.31. The van der Waals surface area contributed by atoms with E-state index >= 15 is 0 Å². The Morgan fingerprint density at radius 1 is 0.316 bits per heavy atom. The SMILES string of the molecule is CNc1ccc(C2=NN(c3c(F)cc(NC(=O)NS(=O)(=O)c4ccc(Cl)s4)cc3F)C(=O)C2)cc1.CNc1ccc(C2=NN(c3ccc(NC(=O)NS(=O)(=O)c4ccc(Cl)s4)cc3Cl)C(=O)C2)cc1.CNc1ccc(C2=NN(c3ccc(NC(=O)NS(=O)(=O)c4ccc(Cl)s4)cc3F)C(=O)C2)cc1.CNc1ccc(C2=NN(c3ccc(NC(=O)NS(=O)(=O)c4ccc(Cl)s4)cn3)C(=O)C2)cc1. The number of hydrazone groups is 4. The summed E-state index contributed by atoms with van der Waals surface area (Å²) in [5.41, 5.74) is 8.23. The fourth-order valence-corrected chi connectivity index (χ4v) is 22.2. The molecule has 4 aliphatic heterocycles. The monoisotopic (exact) mass is 2100 g/mol. The number of amides is 12. The van der Waals surface area contributed by atoms with Crippen LogP contribution in [0.15, 0.2) is 250 Å². The molecule has 0 unspecified atom stereocenters. The van der Waals surface area contributed by atoms with Gasteiger partial charge in [-0.15, -0.1) is 45.3 Å². The fraction of sp³-hybridized carbons (Fsp3) is 0.0964. The Labute approximate surface area is 813 Å². The van der Waals surface area contributed by atoms with Gasteiger partial charge in [0.05, 0.1) is 88.5 Å². The zero-order chi connectivity index (χ0) is 97.8. The highest BCUT2D eigenvalue weighted by Crippen LogP contribution is 2.38. The Balaban J connectivity index is 0.000000153. The molecule has 37 nitrogen and oxygen atoms in total. The molecular formula is C83H67Cl5F3N21O16S8. The number of aromatic nitrogens is 1. The van der Waals surface area contributed by atoms with Crippen LogP contribution >= 0.6 is 103 Å². The Hall–Kier alpha value is -13.6. The molecule has 4 aliphatic rings. The third-order valence-electron chi connectivity index (χ3n) is 18.9. The fourth-order valence-electron chi connectivity index (χ4n) is 12.4. The third kappa shape index (κ3) is 24.9. The molecule has 7 aromatic carbocycles. The van der Waals surface area contributed by atoms with Gasteiger partial charge in [-0.3, -0.25) is 19.2 Å². The maximum atomic E-state index is 14.8. The van der Waals surface area contributed by atoms with Crippen LogP contribution in [0.1, 0.15) is 47.9 Å². The van der Waals surface area contributed by atoms with Gasteiger partial charge in [0.25, 0.3) is 63.7 Å². The molecule has 0 atom stereocenters. The van der Waals surface area contributed by atoms with Gasteiger partial charge in [-0.2, -0.15) is 40.4 Å². The number of benzene rings is 7. The number of hydrogen-bond donors (Lipinski definition) is 12. The van der Waals surface area contributed by atoms with Gasteiger partial charge in [0.1, 0.15) is 28.2 Å². The second-order valence-electron chi connectivity index (χ2n) is 28.0. The van der Waals surface area contributed by atoms with Gasteiger partial charge in [0, 0.05) is 68.0 Å². The van der Waals surface area contributed by atoms with Crippen molar-refractivity contribution in [3.8, 4) is 0 Å². The van der Waals surface area contributed by atoms with E-state index in [1.165, 1.54) is 107 Å². The number of carbonyl (C=O) groups is 8. The van der Waals surface area contributed by atoms with Crippen molar-refractivity contribution in [2.24, 2.45) is 20.4 Å². The maximum absolute atomic E-state index is 14.8. The van der Waals surface area contributed by atoms with Gasteiger partial charge < -0.3 is 42.5 Å². The van der Waals surface area contributed by atoms with Crippen molar-refractivity contribution in [3.63, 3.8) is 0 Å². The number of sulfonamides is 4. The van der Waals surface area contributed by atoms with Gasteiger partial charge >= 0.3 is 24.1 Å². The highest BCUT2D eigenvalue weighted by atomic mass is 35.5. The molecule has 0 radical (unpaired) electrons. The predicted molar refractivity (Wildman–Crippen MR) is 522 cm³/mol. The van der Waals surface area contributed by atoms with E-state index in [1.54, 1.807) is 43.1 Å². The van der Waals surface area contributed by atoms with Crippen molar-refractivity contribution in [2.75, 3.05) is 90.8 Å². The minimum absolute atomic E-state index is 0.00530. The quantitative estimate of drug-likeness (QED) is 0.0267. The number of rotatable bonds is 24. The number of pyridine rings is 1. The van der Waals surface area contributed by atoms with E-state index in [1.807, 2.05) is 106 Å². The van der Waals surface area contributed by atoms with Crippen molar-refractivity contribution in [1.82, 2.24) is 23.9 Å². The first-order valence-corrected chi connectivity index (χ1v) is 49.9. The lowest BCUT2D eigenvalue weighted by Gasteiger charge is -2.15. The molecule has 9 heterocycles. The Kier molecular flexibility index (Phi) is 31.5. The zero-order valence-corrected chi connectivity index (χ0v) is 80.2. The summed E-state index contributed by atoms with van der Waals surface area (Å²) in [5, 5.41) is 42.3. The summed E-state index contributed by atoms with van der Waals surface area (Å²) in [6.07, 6.45) is 1.39. The van der Waals surface area contributed by atoms with Crippen LogP contribution in [0.25, 0.3) is 0 Å². The molecule has 0 spiro atoms. The topological polar surface area (TPSA) is 493 Å². The molecule has 0 aliphatic carbocycles. The van der Waals surface area contributed by atoms with Crippen molar-refractivity contribution in [3.05, 3.63) is 275 Å². The number of nitrogens with one attached hydrogen (secondary N) is 12. The predicted octanol–water partition coefficient (Wildman–Crippen LogP) is 16.8. The number of anilines is 12. The van der Waals surface area contributed by atoms with E-state index in [0.29, 0.717) is 39.1 Å². The Morgan fingerprint density at radius 3 is 0.897 bits per heavy atom. The Bertz CT molecular complexity index is 7090. The third-order valence-corrected chi connectivity index (χ3v) is 31.4. The molecule has 0 bridgehead atoms. The standard InChI is InChI=1S/C21H17Cl2N5O4S2.C21H16ClF2N5O4S2.C21H17ClFN5O4S2.C20H17ClN6O4S2/c1-24-13-4-2-12(3-5-13)16-11-19(29)28(26-16)17-7-6-14(10-15(17)22)25-21(30)27-34(31,32)20-9-8-18(23)33-20;1-25-12-4-2-11(3-5-12)16-10-18(30)29(27-16)20-14(23)8-13(9-15(20)24)26-21(31)28-35(32,33)19-7-6-17(22)34-19;1-24-13-4-2-12(3-5-13)16-11-19(29)28(26-16)17-7-6-14(10-15(17)23)25-21(30)27-34(31,32)20-9-8-18(22)33-20;1-22-13-4-2-12(3-5-13)15-10-18(28)27(25-15)17-8-6-14(11-23-17)24-20(29)26-33(30,31)19-9-7-16(21)32-19/h2-10,24H,11H2,1H3,(H2,25,27,30);2-9,25H,10H2,1H3,(H2,26,28,31);2-10,24H,11H2,1H3,(H2,25,27,30);2-9,11,22H,10H2,1H3,(H2,24,26,29). The van der Waals surface area contributed by atoms with Crippen molar-refractivity contribution >= 4 is 282 Å². The van der Waals surface area contributed by atoms with E-state index < -0.39 is 99.2 Å². The first-order chi connectivity index (χ1) is 64.6. The lowest BCUT2D eigenvalue weighted by molar-refractivity contribution is -0.117. The largest absolute Gasteiger partial charge is 0.388 e. The molecule has 0 fully saturated rings. The van der Waals surface area contributed by atoms with Crippen LogP contribution in [0, 0.1) is 17.5 Å². The van der Waals surface area contributed by atoms with Gasteiger partial charge in [0.2, 0.25) is 0 Å². The van der Waals surface area contributed by atoms with Crippen molar-refractivity contribution in [2.45, 2.75) is 42.5 Å². The molecule has 53 heteroatoms. The summed E-state index contributed by atoms with van der Waals surface area (Å²) in [6.45, 7) is 0. The summed E-state index contributed by atoms with van der Waals surface area (Å²) in [6, 6.07) is 48.1. The summed E-state index contributed by atoms with van der Waals surface area (Å²) >= 11 is 32.4. The number of hydrogen-bond acceptors (Lipinski definition) is 29. The van der Waals surface area contributed by atoms with Gasteiger partial charge in [-0.25, -0.2) is 89.9 Å². The van der Waals surface area contributed by atoms with Gasteiger partial charge in [0.15, 0.2) is 23.3 Å². The molecular weight excluding hydrogens is 2040 g/mol. The average Bonchev–Trinajstić information content (AvgIpc) is 1.62. The van der Waals surface area contributed by atoms with E-state index in [-0.39, 0.29) is 111 Å². The van der Waals surface area contributed by atoms with Crippen LogP contribution < -0.4 is 81.5 Å². The molecule has 12 aromatic rings. The molecule has 5 aromatic heterocycles. The van der Waals surface area contributed by atoms with Crippen LogP contribution in [0.3, 0.4) is 0 Å². The van der Waals surface area contributed by atoms with E-state index in [2.05, 4.69) is 62.6 Å². The van der Waals surface area contributed by atoms with Gasteiger partial charge in [-0.05, 0) is 180 Å². The van der Waals surface area contributed by atoms with Crippen LogP contribution in [-0.2, 0) is 59.3 Å². The number of thiophene rings is 4.